The van der Waals surface area contributed by atoms with Crippen molar-refractivity contribution in [3.63, 3.8) is 0 Å². The maximum absolute atomic E-state index is 13.6. The predicted molar refractivity (Wildman–Crippen MR) is 148 cm³/mol. The van der Waals surface area contributed by atoms with E-state index in [0.29, 0.717) is 21.6 Å². The molecule has 8 nitrogen and oxygen atoms in total. The number of hydrogen-bond acceptors (Lipinski definition) is 5. The summed E-state index contributed by atoms with van der Waals surface area (Å²) in [5, 5.41) is 6.74. The fraction of sp³-hybridized carbons (Fsp3) is 0. The lowest BCUT2D eigenvalue weighted by atomic mass is 9.94. The van der Waals surface area contributed by atoms with Gasteiger partial charge < -0.3 is 4.98 Å². The molecule has 0 saturated carbocycles. The lowest BCUT2D eigenvalue weighted by molar-refractivity contribution is 0.902. The minimum Gasteiger partial charge on any atom is -0.306 e. The Bertz CT molecular complexity index is 2160. The van der Waals surface area contributed by atoms with Crippen molar-refractivity contribution in [1.82, 2.24) is 29.1 Å². The molecule has 0 unspecified atom stereocenters. The first-order chi connectivity index (χ1) is 18.6. The maximum Gasteiger partial charge on any atom is 0.333 e. The molecule has 3 aromatic carbocycles. The van der Waals surface area contributed by atoms with Gasteiger partial charge in [-0.3, -0.25) is 9.78 Å². The average Bonchev–Trinajstić information content (AvgIpc) is 3.41. The highest BCUT2D eigenvalue weighted by Crippen LogP contribution is 2.38. The van der Waals surface area contributed by atoms with Crippen molar-refractivity contribution in [1.29, 1.82) is 0 Å². The van der Waals surface area contributed by atoms with E-state index in [9.17, 15) is 9.59 Å². The second-order valence-electron chi connectivity index (χ2n) is 8.85. The molecule has 7 aromatic rings. The predicted octanol–water partition coefficient (Wildman–Crippen LogP) is 5.26. The average molecular weight is 517 g/mol. The summed E-state index contributed by atoms with van der Waals surface area (Å²) in [5.41, 5.74) is 3.92. The number of H-pyrrole nitrogens is 1. The van der Waals surface area contributed by atoms with Gasteiger partial charge in [0.2, 0.25) is 0 Å². The number of nitrogens with zero attached hydrogens (tertiary/aromatic N) is 5. The summed E-state index contributed by atoms with van der Waals surface area (Å²) in [6.07, 6.45) is 6.62. The Labute approximate surface area is 219 Å². The van der Waals surface area contributed by atoms with Crippen molar-refractivity contribution in [3.05, 3.63) is 124 Å². The van der Waals surface area contributed by atoms with Gasteiger partial charge in [-0.2, -0.15) is 5.10 Å². The third-order valence-corrected chi connectivity index (χ3v) is 6.99. The number of nitrogens with one attached hydrogen (secondary N) is 1. The van der Waals surface area contributed by atoms with Gasteiger partial charge in [0.25, 0.3) is 5.56 Å². The highest BCUT2D eigenvalue weighted by molar-refractivity contribution is 6.34. The topological polar surface area (TPSA) is 97.9 Å². The fourth-order valence-electron chi connectivity index (χ4n) is 4.91. The molecule has 0 atom stereocenters. The van der Waals surface area contributed by atoms with Crippen molar-refractivity contribution in [2.45, 2.75) is 0 Å². The van der Waals surface area contributed by atoms with Crippen LogP contribution in [-0.4, -0.2) is 29.1 Å². The monoisotopic (exact) mass is 516 g/mol. The third-order valence-electron chi connectivity index (χ3n) is 6.67. The maximum atomic E-state index is 13.6. The Morgan fingerprint density at radius 3 is 2.63 bits per heavy atom. The van der Waals surface area contributed by atoms with Gasteiger partial charge in [-0.05, 0) is 41.5 Å². The number of aromatic amines is 1. The van der Waals surface area contributed by atoms with Crippen LogP contribution in [0.3, 0.4) is 0 Å². The number of hydrogen-bond donors (Lipinski definition) is 1. The normalized spacial score (nSPS) is 11.5. The summed E-state index contributed by atoms with van der Waals surface area (Å²) in [4.78, 5) is 38.1. The number of fused-ring (bicyclic) bond motifs is 3. The minimum atomic E-state index is -0.547. The molecular weight excluding hydrogens is 500 g/mol. The molecule has 0 aliphatic carbocycles. The number of pyridine rings is 2. The summed E-state index contributed by atoms with van der Waals surface area (Å²) in [7, 11) is 0. The molecule has 0 aliphatic heterocycles. The zero-order valence-electron chi connectivity index (χ0n) is 19.7. The minimum absolute atomic E-state index is 0.374. The van der Waals surface area contributed by atoms with Crippen LogP contribution in [0.25, 0.3) is 55.3 Å². The highest BCUT2D eigenvalue weighted by Gasteiger charge is 2.16. The molecule has 1 N–H and O–H groups in total. The van der Waals surface area contributed by atoms with Crippen LogP contribution in [0.4, 0.5) is 0 Å². The van der Waals surface area contributed by atoms with Crippen LogP contribution < -0.4 is 11.2 Å². The van der Waals surface area contributed by atoms with Gasteiger partial charge in [0, 0.05) is 39.3 Å². The van der Waals surface area contributed by atoms with E-state index in [1.807, 2.05) is 66.9 Å². The van der Waals surface area contributed by atoms with Gasteiger partial charge in [0.1, 0.15) is 6.33 Å². The molecule has 0 spiro atoms. The molecule has 4 heterocycles. The lowest BCUT2D eigenvalue weighted by Crippen LogP contribution is -2.33. The van der Waals surface area contributed by atoms with Gasteiger partial charge in [0.05, 0.1) is 22.8 Å². The van der Waals surface area contributed by atoms with E-state index in [1.54, 1.807) is 22.8 Å². The van der Waals surface area contributed by atoms with Gasteiger partial charge in [-0.15, -0.1) is 0 Å². The van der Waals surface area contributed by atoms with E-state index in [0.717, 1.165) is 43.2 Å². The summed E-state index contributed by atoms with van der Waals surface area (Å²) >= 11 is 6.71. The van der Waals surface area contributed by atoms with Crippen molar-refractivity contribution in [3.8, 4) is 27.9 Å². The zero-order valence-corrected chi connectivity index (χ0v) is 20.4. The van der Waals surface area contributed by atoms with E-state index in [2.05, 4.69) is 20.1 Å². The number of aromatic nitrogens is 6. The number of halogens is 1. The molecule has 38 heavy (non-hydrogen) atoms. The van der Waals surface area contributed by atoms with E-state index in [1.165, 1.54) is 12.5 Å². The SMILES string of the molecule is O=c1[nH]c2cc(-c3c(Cl)cccc3-c3ccc4ncnn4c3)ccc2c(=O)n1-c1cncc2ccccc12. The van der Waals surface area contributed by atoms with Crippen molar-refractivity contribution >= 4 is 38.9 Å². The Balaban J connectivity index is 1.42. The van der Waals surface area contributed by atoms with Crippen LogP contribution in [-0.2, 0) is 0 Å². The molecule has 0 radical (unpaired) electrons. The fourth-order valence-corrected chi connectivity index (χ4v) is 5.19. The van der Waals surface area contributed by atoms with Crippen LogP contribution in [0.15, 0.2) is 107 Å². The van der Waals surface area contributed by atoms with Gasteiger partial charge in [-0.1, -0.05) is 54.1 Å². The van der Waals surface area contributed by atoms with Crippen LogP contribution in [0.5, 0.6) is 0 Å². The highest BCUT2D eigenvalue weighted by atomic mass is 35.5. The lowest BCUT2D eigenvalue weighted by Gasteiger charge is -2.14. The van der Waals surface area contributed by atoms with E-state index < -0.39 is 11.2 Å². The van der Waals surface area contributed by atoms with Crippen LogP contribution >= 0.6 is 11.6 Å². The first-order valence-corrected chi connectivity index (χ1v) is 12.2. The van der Waals surface area contributed by atoms with Crippen LogP contribution in [0.1, 0.15) is 0 Å². The van der Waals surface area contributed by atoms with E-state index >= 15 is 0 Å². The van der Waals surface area contributed by atoms with Crippen molar-refractivity contribution in [2.75, 3.05) is 0 Å². The van der Waals surface area contributed by atoms with Gasteiger partial charge >= 0.3 is 5.69 Å². The summed E-state index contributed by atoms with van der Waals surface area (Å²) in [5.74, 6) is 0. The Morgan fingerprint density at radius 1 is 0.842 bits per heavy atom. The second kappa shape index (κ2) is 8.50. The van der Waals surface area contributed by atoms with E-state index in [-0.39, 0.29) is 0 Å². The molecule has 0 fully saturated rings. The van der Waals surface area contributed by atoms with Gasteiger partial charge in [0.15, 0.2) is 5.65 Å². The van der Waals surface area contributed by atoms with Crippen LogP contribution in [0, 0.1) is 0 Å². The number of rotatable bonds is 3. The molecule has 182 valence electrons. The molecule has 0 bridgehead atoms. The van der Waals surface area contributed by atoms with E-state index in [4.69, 9.17) is 11.6 Å². The van der Waals surface area contributed by atoms with Crippen molar-refractivity contribution in [2.24, 2.45) is 0 Å². The molecular formula is C29H17ClN6O2. The molecule has 0 saturated heterocycles. The molecule has 4 aromatic heterocycles. The molecule has 9 heteroatoms. The molecule has 0 amide bonds. The summed E-state index contributed by atoms with van der Waals surface area (Å²) in [6.45, 7) is 0. The smallest absolute Gasteiger partial charge is 0.306 e. The largest absolute Gasteiger partial charge is 0.333 e. The Morgan fingerprint density at radius 2 is 1.71 bits per heavy atom. The Hall–Kier alpha value is -5.08. The molecule has 0 aliphatic rings. The first-order valence-electron chi connectivity index (χ1n) is 11.8. The standard InChI is InChI=1S/C29H17ClN6O2/c30-23-7-3-6-21(19-9-11-26-32-16-33-35(26)15-19)27(23)17-8-10-22-24(12-17)34-29(38)36(28(22)37)25-14-31-13-18-4-1-2-5-20(18)25/h1-16H,(H,34,38). The Kier molecular flexibility index (Phi) is 4.95. The number of benzene rings is 3. The second-order valence-corrected chi connectivity index (χ2v) is 9.26. The van der Waals surface area contributed by atoms with Crippen LogP contribution in [0.2, 0.25) is 5.02 Å². The summed E-state index contributed by atoms with van der Waals surface area (Å²) < 4.78 is 2.83. The summed E-state index contributed by atoms with van der Waals surface area (Å²) in [6, 6.07) is 22.3. The zero-order chi connectivity index (χ0) is 25.8. The molecule has 7 rings (SSSR count). The third kappa shape index (κ3) is 3.42. The van der Waals surface area contributed by atoms with Gasteiger partial charge in [-0.25, -0.2) is 18.9 Å². The van der Waals surface area contributed by atoms with Crippen molar-refractivity contribution < 1.29 is 0 Å². The first kappa shape index (κ1) is 22.1. The quantitative estimate of drug-likeness (QED) is 0.345.